The molecule has 0 aliphatic carbocycles. The molecule has 0 heterocycles. The normalized spacial score (nSPS) is 11.6. The van der Waals surface area contributed by atoms with E-state index < -0.39 is 11.7 Å². The van der Waals surface area contributed by atoms with Crippen LogP contribution >= 0.6 is 0 Å². The molecule has 5 heteroatoms. The minimum absolute atomic E-state index is 0.102. The van der Waals surface area contributed by atoms with E-state index >= 15 is 0 Å². The van der Waals surface area contributed by atoms with Crippen molar-refractivity contribution in [2.75, 3.05) is 0 Å². The summed E-state index contributed by atoms with van der Waals surface area (Å²) < 4.78 is 42.9. The van der Waals surface area contributed by atoms with E-state index in [2.05, 4.69) is 0 Å². The lowest BCUT2D eigenvalue weighted by Gasteiger charge is -2.09. The van der Waals surface area contributed by atoms with Crippen molar-refractivity contribution in [3.05, 3.63) is 65.2 Å². The van der Waals surface area contributed by atoms with Gasteiger partial charge in [0.2, 0.25) is 0 Å². The van der Waals surface area contributed by atoms with Crippen molar-refractivity contribution in [2.45, 2.75) is 19.4 Å². The van der Waals surface area contributed by atoms with E-state index in [9.17, 15) is 13.2 Å². The summed E-state index contributed by atoms with van der Waals surface area (Å²) in [4.78, 5) is 0. The first-order valence-corrected chi connectivity index (χ1v) is 5.97. The zero-order chi connectivity index (χ0) is 14.6. The summed E-state index contributed by atoms with van der Waals surface area (Å²) in [6.07, 6.45) is -4.34. The second-order valence-electron chi connectivity index (χ2n) is 4.36. The summed E-state index contributed by atoms with van der Waals surface area (Å²) >= 11 is 0. The van der Waals surface area contributed by atoms with Crippen LogP contribution in [0, 0.1) is 0 Å². The third kappa shape index (κ3) is 3.99. The highest BCUT2D eigenvalue weighted by molar-refractivity contribution is 5.26. The zero-order valence-electron chi connectivity index (χ0n) is 10.5. The van der Waals surface area contributed by atoms with Gasteiger partial charge in [-0.3, -0.25) is 0 Å². The predicted octanol–water partition coefficient (Wildman–Crippen LogP) is 4.13. The van der Waals surface area contributed by atoms with Gasteiger partial charge in [0.15, 0.2) is 0 Å². The monoisotopic (exact) mass is 282 g/mol. The summed E-state index contributed by atoms with van der Waals surface area (Å²) in [6, 6.07) is 11.5. The Balaban J connectivity index is 1.93. The maximum Gasteiger partial charge on any atom is 0.416 e. The first-order chi connectivity index (χ1) is 9.45. The van der Waals surface area contributed by atoms with Crippen LogP contribution in [0.1, 0.15) is 16.7 Å². The van der Waals surface area contributed by atoms with Gasteiger partial charge in [0.05, 0.1) is 18.8 Å². The highest BCUT2D eigenvalue weighted by Gasteiger charge is 2.30. The van der Waals surface area contributed by atoms with Crippen LogP contribution in [0.4, 0.5) is 13.2 Å². The fraction of sp³-hybridized carbons (Fsp3) is 0.200. The second-order valence-corrected chi connectivity index (χ2v) is 4.36. The summed E-state index contributed by atoms with van der Waals surface area (Å²) in [5.41, 5.74) is 0.636. The highest BCUT2D eigenvalue weighted by atomic mass is 19.4. The second kappa shape index (κ2) is 5.96. The molecule has 0 saturated heterocycles. The van der Waals surface area contributed by atoms with Crippen LogP contribution in [0.15, 0.2) is 48.5 Å². The van der Waals surface area contributed by atoms with Gasteiger partial charge in [-0.15, -0.1) is 0 Å². The third-order valence-electron chi connectivity index (χ3n) is 2.73. The minimum atomic E-state index is -4.34. The van der Waals surface area contributed by atoms with Gasteiger partial charge < -0.3 is 9.84 Å². The quantitative estimate of drug-likeness (QED) is 0.913. The van der Waals surface area contributed by atoms with Crippen molar-refractivity contribution in [3.8, 4) is 5.75 Å². The van der Waals surface area contributed by atoms with E-state index in [1.807, 2.05) is 0 Å². The van der Waals surface area contributed by atoms with Gasteiger partial charge in [0.25, 0.3) is 0 Å². The molecule has 0 atom stereocenters. The molecular formula is C15H13F3O2. The maximum atomic E-state index is 12.5. The van der Waals surface area contributed by atoms with Gasteiger partial charge in [0.1, 0.15) is 5.75 Å². The average molecular weight is 282 g/mol. The van der Waals surface area contributed by atoms with Crippen LogP contribution in [0.25, 0.3) is 0 Å². The lowest BCUT2D eigenvalue weighted by molar-refractivity contribution is -0.137. The number of hydrogen-bond donors (Lipinski definition) is 1. The average Bonchev–Trinajstić information content (AvgIpc) is 2.40. The summed E-state index contributed by atoms with van der Waals surface area (Å²) in [5.74, 6) is 0.159. The summed E-state index contributed by atoms with van der Waals surface area (Å²) in [5, 5.41) is 9.12. The molecular weight excluding hydrogens is 269 g/mol. The first kappa shape index (κ1) is 14.4. The number of halogens is 3. The molecule has 1 N–H and O–H groups in total. The molecule has 0 amide bonds. The van der Waals surface area contributed by atoms with E-state index in [-0.39, 0.29) is 19.0 Å². The van der Waals surface area contributed by atoms with Crippen LogP contribution < -0.4 is 0 Å². The zero-order valence-corrected chi connectivity index (χ0v) is 10.5. The molecule has 0 unspecified atom stereocenters. The fourth-order valence-corrected chi connectivity index (χ4v) is 1.72. The molecule has 20 heavy (non-hydrogen) atoms. The van der Waals surface area contributed by atoms with Crippen molar-refractivity contribution in [2.24, 2.45) is 0 Å². The van der Waals surface area contributed by atoms with E-state index in [4.69, 9.17) is 9.84 Å². The Labute approximate surface area is 114 Å². The van der Waals surface area contributed by atoms with Crippen molar-refractivity contribution < 1.29 is 23.0 Å². The number of phenols is 1. The van der Waals surface area contributed by atoms with Crippen LogP contribution in [-0.4, -0.2) is 5.11 Å². The molecule has 0 aliphatic rings. The van der Waals surface area contributed by atoms with Crippen molar-refractivity contribution in [3.63, 3.8) is 0 Å². The molecule has 0 saturated carbocycles. The highest BCUT2D eigenvalue weighted by Crippen LogP contribution is 2.29. The molecule has 0 aromatic heterocycles. The molecule has 0 spiro atoms. The van der Waals surface area contributed by atoms with Crippen LogP contribution in [0.2, 0.25) is 0 Å². The number of rotatable bonds is 4. The Morgan fingerprint density at radius 2 is 1.55 bits per heavy atom. The molecule has 2 aromatic rings. The molecule has 0 fully saturated rings. The van der Waals surface area contributed by atoms with Gasteiger partial charge in [-0.1, -0.05) is 24.3 Å². The first-order valence-electron chi connectivity index (χ1n) is 5.97. The fourth-order valence-electron chi connectivity index (χ4n) is 1.72. The number of benzene rings is 2. The molecule has 2 rings (SSSR count). The largest absolute Gasteiger partial charge is 0.508 e. The van der Waals surface area contributed by atoms with Gasteiger partial charge in [-0.2, -0.15) is 13.2 Å². The lowest BCUT2D eigenvalue weighted by Crippen LogP contribution is -2.05. The van der Waals surface area contributed by atoms with E-state index in [1.165, 1.54) is 18.2 Å². The lowest BCUT2D eigenvalue weighted by atomic mass is 10.1. The van der Waals surface area contributed by atoms with E-state index in [1.54, 1.807) is 18.2 Å². The van der Waals surface area contributed by atoms with Crippen molar-refractivity contribution in [1.29, 1.82) is 0 Å². The van der Waals surface area contributed by atoms with Gasteiger partial charge in [0, 0.05) is 0 Å². The Hall–Kier alpha value is -2.01. The Morgan fingerprint density at radius 3 is 2.20 bits per heavy atom. The van der Waals surface area contributed by atoms with Gasteiger partial charge in [-0.25, -0.2) is 0 Å². The smallest absolute Gasteiger partial charge is 0.416 e. The number of aromatic hydroxyl groups is 1. The Bertz CT molecular complexity index is 562. The molecule has 0 bridgehead atoms. The predicted molar refractivity (Wildman–Crippen MR) is 68.0 cm³/mol. The molecule has 2 aromatic carbocycles. The number of alkyl halides is 3. The molecule has 106 valence electrons. The molecule has 0 aliphatic heterocycles. The Morgan fingerprint density at radius 1 is 0.900 bits per heavy atom. The van der Waals surface area contributed by atoms with Crippen molar-refractivity contribution >= 4 is 0 Å². The van der Waals surface area contributed by atoms with E-state index in [0.717, 1.165) is 17.7 Å². The molecule has 2 nitrogen and oxygen atoms in total. The number of ether oxygens (including phenoxy) is 1. The summed E-state index contributed by atoms with van der Waals surface area (Å²) in [7, 11) is 0. The van der Waals surface area contributed by atoms with Gasteiger partial charge in [-0.05, 0) is 35.4 Å². The van der Waals surface area contributed by atoms with Crippen LogP contribution in [-0.2, 0) is 24.1 Å². The third-order valence-corrected chi connectivity index (χ3v) is 2.73. The summed E-state index contributed by atoms with van der Waals surface area (Å²) in [6.45, 7) is 0.376. The number of phenolic OH excluding ortho intramolecular Hbond substituents is 1. The van der Waals surface area contributed by atoms with Crippen LogP contribution in [0.3, 0.4) is 0 Å². The SMILES string of the molecule is Oc1ccc(COCc2cccc(C(F)(F)F)c2)cc1. The van der Waals surface area contributed by atoms with Crippen molar-refractivity contribution in [1.82, 2.24) is 0 Å². The standard InChI is InChI=1S/C15H13F3O2/c16-15(17,18)13-3-1-2-12(8-13)10-20-9-11-4-6-14(19)7-5-11/h1-8,19H,9-10H2. The number of hydrogen-bond acceptors (Lipinski definition) is 2. The van der Waals surface area contributed by atoms with Gasteiger partial charge >= 0.3 is 6.18 Å². The molecule has 0 radical (unpaired) electrons. The topological polar surface area (TPSA) is 29.5 Å². The minimum Gasteiger partial charge on any atom is -0.508 e. The Kier molecular flexibility index (Phi) is 4.29. The van der Waals surface area contributed by atoms with E-state index in [0.29, 0.717) is 5.56 Å². The maximum absolute atomic E-state index is 12.5. The van der Waals surface area contributed by atoms with Crippen LogP contribution in [0.5, 0.6) is 5.75 Å².